The lowest BCUT2D eigenvalue weighted by molar-refractivity contribution is 0.0697. The molecule has 0 spiro atoms. The summed E-state index contributed by atoms with van der Waals surface area (Å²) in [5, 5.41) is 22.7. The SMILES string of the molecule is CCOc1ccc(C(=O)O)cc1.CO.Cc1ccc(C)cc1.Cc1ccc([OH2+])cc1. The lowest BCUT2D eigenvalue weighted by Crippen LogP contribution is -1.96. The maximum absolute atomic E-state index is 10.4. The molecule has 0 aliphatic carbocycles. The Balaban J connectivity index is 0.000000415. The summed E-state index contributed by atoms with van der Waals surface area (Å²) >= 11 is 0. The highest BCUT2D eigenvalue weighted by atomic mass is 16.5. The largest absolute Gasteiger partial charge is 0.593 e. The number of carboxylic acid groups (broad SMARTS) is 1. The van der Waals surface area contributed by atoms with Crippen molar-refractivity contribution in [2.24, 2.45) is 0 Å². The number of aryl methyl sites for hydroxylation is 3. The molecule has 3 aromatic carbocycles. The summed E-state index contributed by atoms with van der Waals surface area (Å²) in [5.74, 6) is 0.358. The molecule has 0 heterocycles. The van der Waals surface area contributed by atoms with Gasteiger partial charge in [-0.2, -0.15) is 0 Å². The molecular weight excluding hydrogens is 380 g/mol. The third-order valence-electron chi connectivity index (χ3n) is 3.68. The minimum absolute atomic E-state index is 0.276. The number of aromatic carboxylic acids is 1. The number of benzene rings is 3. The summed E-state index contributed by atoms with van der Waals surface area (Å²) in [5.41, 5.74) is 4.14. The Kier molecular flexibility index (Phi) is 13.9. The quantitative estimate of drug-likeness (QED) is 0.583. The molecule has 0 radical (unpaired) electrons. The van der Waals surface area contributed by atoms with Crippen LogP contribution in [0.15, 0.2) is 72.8 Å². The second kappa shape index (κ2) is 15.6. The van der Waals surface area contributed by atoms with E-state index >= 15 is 0 Å². The molecule has 0 aliphatic heterocycles. The van der Waals surface area contributed by atoms with E-state index in [1.807, 2.05) is 26.0 Å². The standard InChI is InChI=1S/C9H10O3.C8H10.C7H8O.CH4O/c1-2-12-8-5-3-7(4-6-8)9(10)11;1-7-3-5-8(2)6-4-7;1-6-2-4-7(8)5-3-6;1-2/h3-6H,2H2,1H3,(H,10,11);3-6H,1-2H3;2-5,8H,1H3;2H,1H3/p+1. The number of hydrogen-bond donors (Lipinski definition) is 2. The number of aliphatic hydroxyl groups excluding tert-OH is 1. The number of hydrogen-bond acceptors (Lipinski definition) is 3. The third kappa shape index (κ3) is 12.2. The number of carbonyl (C=O) groups is 1. The lowest BCUT2D eigenvalue weighted by Gasteiger charge is -2.01. The minimum atomic E-state index is -0.918. The second-order valence-corrected chi connectivity index (χ2v) is 6.28. The van der Waals surface area contributed by atoms with Gasteiger partial charge in [-0.1, -0.05) is 53.1 Å². The number of carboxylic acids is 1. The highest BCUT2D eigenvalue weighted by Crippen LogP contribution is 2.11. The molecule has 0 saturated carbocycles. The van der Waals surface area contributed by atoms with Crippen LogP contribution in [0.5, 0.6) is 11.5 Å². The molecule has 30 heavy (non-hydrogen) atoms. The van der Waals surface area contributed by atoms with E-state index in [1.165, 1.54) is 28.8 Å². The van der Waals surface area contributed by atoms with Crippen LogP contribution in [0.25, 0.3) is 0 Å². The van der Waals surface area contributed by atoms with Crippen molar-refractivity contribution in [3.8, 4) is 11.5 Å². The summed E-state index contributed by atoms with van der Waals surface area (Å²) < 4.78 is 5.15. The Morgan fingerprint density at radius 3 is 1.43 bits per heavy atom. The Bertz CT molecular complexity index is 737. The first-order valence-electron chi connectivity index (χ1n) is 9.54. The van der Waals surface area contributed by atoms with E-state index in [2.05, 4.69) is 38.1 Å². The van der Waals surface area contributed by atoms with Gasteiger partial charge in [-0.25, -0.2) is 4.79 Å². The second-order valence-electron chi connectivity index (χ2n) is 6.28. The van der Waals surface area contributed by atoms with Crippen LogP contribution in [0.4, 0.5) is 0 Å². The normalized spacial score (nSPS) is 8.87. The topological polar surface area (TPSA) is 89.7 Å². The first-order chi connectivity index (χ1) is 14.3. The van der Waals surface area contributed by atoms with Gasteiger partial charge in [0.15, 0.2) is 0 Å². The van der Waals surface area contributed by atoms with E-state index in [-0.39, 0.29) is 5.56 Å². The predicted molar refractivity (Wildman–Crippen MR) is 123 cm³/mol. The molecule has 0 aliphatic rings. The van der Waals surface area contributed by atoms with Gasteiger partial charge in [0.05, 0.1) is 12.2 Å². The molecule has 4 N–H and O–H groups in total. The minimum Gasteiger partial charge on any atom is -0.593 e. The zero-order chi connectivity index (χ0) is 22.9. The summed E-state index contributed by atoms with van der Waals surface area (Å²) in [7, 11) is 1.00. The van der Waals surface area contributed by atoms with Crippen LogP contribution in [-0.2, 0) is 0 Å². The lowest BCUT2D eigenvalue weighted by atomic mass is 10.2. The van der Waals surface area contributed by atoms with Crippen molar-refractivity contribution in [1.29, 1.82) is 0 Å². The van der Waals surface area contributed by atoms with Crippen LogP contribution < -0.4 is 4.74 Å². The molecule has 5 nitrogen and oxygen atoms in total. The maximum atomic E-state index is 10.4. The van der Waals surface area contributed by atoms with E-state index in [0.717, 1.165) is 7.11 Å². The molecule has 0 amide bonds. The van der Waals surface area contributed by atoms with Gasteiger partial charge < -0.3 is 20.1 Å². The fourth-order valence-corrected chi connectivity index (χ4v) is 2.05. The molecule has 0 unspecified atom stereocenters. The molecule has 3 rings (SSSR count). The Hall–Kier alpha value is -3.31. The molecule has 3 aromatic rings. The van der Waals surface area contributed by atoms with Crippen molar-refractivity contribution >= 4 is 5.97 Å². The van der Waals surface area contributed by atoms with Crippen LogP contribution in [0.2, 0.25) is 0 Å². The van der Waals surface area contributed by atoms with Crippen LogP contribution in [0.1, 0.15) is 34.0 Å². The average molecular weight is 414 g/mol. The first-order valence-corrected chi connectivity index (χ1v) is 9.54. The van der Waals surface area contributed by atoms with Gasteiger partial charge in [-0.15, -0.1) is 0 Å². The highest BCUT2D eigenvalue weighted by Gasteiger charge is 2.00. The molecule has 0 fully saturated rings. The van der Waals surface area contributed by atoms with Gasteiger partial charge in [-0.3, -0.25) is 0 Å². The van der Waals surface area contributed by atoms with Crippen LogP contribution in [0, 0.1) is 20.8 Å². The monoisotopic (exact) mass is 413 g/mol. The molecule has 0 aromatic heterocycles. The van der Waals surface area contributed by atoms with Gasteiger partial charge in [0.2, 0.25) is 0 Å². The van der Waals surface area contributed by atoms with Gasteiger partial charge >= 0.3 is 5.97 Å². The Morgan fingerprint density at radius 1 is 0.767 bits per heavy atom. The maximum Gasteiger partial charge on any atom is 0.335 e. The fourth-order valence-electron chi connectivity index (χ4n) is 2.05. The van der Waals surface area contributed by atoms with Gasteiger partial charge in [0.25, 0.3) is 5.75 Å². The van der Waals surface area contributed by atoms with Gasteiger partial charge in [0.1, 0.15) is 5.75 Å². The first kappa shape index (κ1) is 26.7. The summed E-state index contributed by atoms with van der Waals surface area (Å²) in [6.45, 7) is 8.68. The van der Waals surface area contributed by atoms with Gasteiger partial charge in [-0.05, 0) is 52.0 Å². The Morgan fingerprint density at radius 2 is 1.13 bits per heavy atom. The molecule has 0 bridgehead atoms. The van der Waals surface area contributed by atoms with Crippen molar-refractivity contribution in [2.45, 2.75) is 27.7 Å². The third-order valence-corrected chi connectivity index (χ3v) is 3.68. The van der Waals surface area contributed by atoms with Crippen molar-refractivity contribution in [3.05, 3.63) is 95.1 Å². The summed E-state index contributed by atoms with van der Waals surface area (Å²) in [4.78, 5) is 10.4. The molecule has 0 saturated heterocycles. The summed E-state index contributed by atoms with van der Waals surface area (Å²) in [6, 6.07) is 22.3. The Labute approximate surface area is 179 Å². The van der Waals surface area contributed by atoms with E-state index in [4.69, 9.17) is 20.1 Å². The van der Waals surface area contributed by atoms with Crippen molar-refractivity contribution < 1.29 is 24.9 Å². The van der Waals surface area contributed by atoms with E-state index < -0.39 is 5.97 Å². The van der Waals surface area contributed by atoms with Gasteiger partial charge in [0, 0.05) is 19.2 Å². The number of rotatable bonds is 3. The fraction of sp³-hybridized carbons (Fsp3) is 0.240. The van der Waals surface area contributed by atoms with Crippen molar-refractivity contribution in [3.63, 3.8) is 0 Å². The van der Waals surface area contributed by atoms with E-state index in [9.17, 15) is 4.79 Å². The molecule has 0 atom stereocenters. The average Bonchev–Trinajstić information content (AvgIpc) is 2.75. The van der Waals surface area contributed by atoms with Crippen LogP contribution in [-0.4, -0.2) is 35.0 Å². The summed E-state index contributed by atoms with van der Waals surface area (Å²) in [6.07, 6.45) is 0. The zero-order valence-corrected chi connectivity index (χ0v) is 18.3. The van der Waals surface area contributed by atoms with E-state index in [1.54, 1.807) is 24.3 Å². The number of ether oxygens (including phenoxy) is 1. The smallest absolute Gasteiger partial charge is 0.335 e. The van der Waals surface area contributed by atoms with Crippen LogP contribution in [0.3, 0.4) is 0 Å². The highest BCUT2D eigenvalue weighted by molar-refractivity contribution is 5.87. The predicted octanol–water partition coefficient (Wildman–Crippen LogP) is 5.13. The number of aliphatic hydroxyl groups is 1. The molecular formula is C25H33O5+. The molecule has 162 valence electrons. The van der Waals surface area contributed by atoms with Crippen molar-refractivity contribution in [2.75, 3.05) is 13.7 Å². The van der Waals surface area contributed by atoms with Crippen LogP contribution >= 0.6 is 0 Å². The molecule has 5 heteroatoms. The van der Waals surface area contributed by atoms with Crippen molar-refractivity contribution in [1.82, 2.24) is 0 Å². The van der Waals surface area contributed by atoms with E-state index in [0.29, 0.717) is 18.1 Å². The zero-order valence-electron chi connectivity index (χ0n) is 18.3.